The van der Waals surface area contributed by atoms with Crippen molar-refractivity contribution < 1.29 is 37.5 Å². The van der Waals surface area contributed by atoms with Crippen LogP contribution in [0.5, 0.6) is 0 Å². The van der Waals surface area contributed by atoms with Crippen LogP contribution in [0.3, 0.4) is 0 Å². The van der Waals surface area contributed by atoms with Crippen LogP contribution in [0.15, 0.2) is 81.7 Å². The van der Waals surface area contributed by atoms with Crippen LogP contribution in [0.4, 0.5) is 0 Å². The maximum Gasteiger partial charge on any atom is 0.494 e. The van der Waals surface area contributed by atoms with E-state index < -0.39 is 14.0 Å². The normalized spacial score (nSPS) is 19.8. The average Bonchev–Trinajstić information content (AvgIpc) is 3.60. The molecule has 0 saturated carbocycles. The fourth-order valence-electron chi connectivity index (χ4n) is 7.30. The molecular weight excluding hydrogens is 982 g/mol. The smallest absolute Gasteiger partial charge is 0.405 e. The molecule has 0 amide bonds. The summed E-state index contributed by atoms with van der Waals surface area (Å²) in [6, 6.07) is 24.4. The highest BCUT2D eigenvalue weighted by Crippen LogP contribution is 2.43. The quantitative estimate of drug-likeness (QED) is 0.209. The highest BCUT2D eigenvalue weighted by Gasteiger charge is 2.63. The second-order valence-electron chi connectivity index (χ2n) is 22.7. The average molecular weight is 1060 g/mol. The number of hydrogen-bond acceptors (Lipinski definition) is 9. The number of carbonyl (C=O) groups is 2. The monoisotopic (exact) mass is 1060 g/mol. The van der Waals surface area contributed by atoms with Crippen LogP contribution in [0.2, 0.25) is 0 Å². The lowest BCUT2D eigenvalue weighted by molar-refractivity contribution is -0.118. The third-order valence-electron chi connectivity index (χ3n) is 13.6. The molecule has 2 N–H and O–H groups in total. The van der Waals surface area contributed by atoms with Crippen LogP contribution in [0.1, 0.15) is 168 Å². The Kier molecular flexibility index (Phi) is 20.2. The van der Waals surface area contributed by atoms with E-state index in [1.54, 1.807) is 13.8 Å². The Morgan fingerprint density at radius 2 is 0.712 bits per heavy atom. The van der Waals surface area contributed by atoms with Crippen LogP contribution < -0.4 is 11.2 Å². The molecule has 366 valence electrons. The zero-order valence-corrected chi connectivity index (χ0v) is 47.6. The zero-order chi connectivity index (χ0) is 50.0. The minimum Gasteiger partial charge on any atom is -0.405 e. The molecule has 3 aromatic rings. The first-order chi connectivity index (χ1) is 29.2. The molecule has 3 aliphatic heterocycles. The van der Waals surface area contributed by atoms with Crippen LogP contribution in [0.25, 0.3) is 0 Å². The molecule has 0 bridgehead atoms. The third-order valence-corrected chi connectivity index (χ3v) is 14.6. The molecule has 6 rings (SSSR count). The zero-order valence-electron chi connectivity index (χ0n) is 43.6. The molecule has 0 aromatic heterocycles. The summed E-state index contributed by atoms with van der Waals surface area (Å²) >= 11 is 6.77. The van der Waals surface area contributed by atoms with Gasteiger partial charge in [-0.2, -0.15) is 0 Å². The lowest BCUT2D eigenvalue weighted by Crippen LogP contribution is -2.41. The molecule has 3 heterocycles. The summed E-state index contributed by atoms with van der Waals surface area (Å²) in [7, 11) is -1.29. The Labute approximate surface area is 422 Å². The largest absolute Gasteiger partial charge is 0.494 e. The van der Waals surface area contributed by atoms with Gasteiger partial charge in [0.2, 0.25) is 0 Å². The van der Waals surface area contributed by atoms with Gasteiger partial charge in [-0.05, 0) is 168 Å². The highest BCUT2D eigenvalue weighted by atomic mass is 79.9. The predicted octanol–water partition coefficient (Wildman–Crippen LogP) is 12.3. The molecule has 0 atom stereocenters. The third kappa shape index (κ3) is 15.8. The van der Waals surface area contributed by atoms with E-state index in [9.17, 15) is 9.59 Å². The van der Waals surface area contributed by atoms with Gasteiger partial charge in [0.15, 0.2) is 0 Å². The Morgan fingerprint density at radius 1 is 0.470 bits per heavy atom. The first-order valence-corrected chi connectivity index (χ1v) is 24.3. The Bertz CT molecular complexity index is 1990. The van der Waals surface area contributed by atoms with Crippen molar-refractivity contribution in [2.75, 3.05) is 0 Å². The van der Waals surface area contributed by atoms with Gasteiger partial charge in [-0.15, -0.1) is 12.4 Å². The van der Waals surface area contributed by atoms with Gasteiger partial charge in [0.1, 0.15) is 11.6 Å². The molecule has 3 aromatic carbocycles. The van der Waals surface area contributed by atoms with E-state index in [-0.39, 0.29) is 81.1 Å². The van der Waals surface area contributed by atoms with Gasteiger partial charge in [-0.3, -0.25) is 9.59 Å². The lowest BCUT2D eigenvalue weighted by atomic mass is 9.49. The first kappa shape index (κ1) is 60.3. The maximum atomic E-state index is 11.4. The predicted molar refractivity (Wildman–Crippen MR) is 284 cm³/mol. The van der Waals surface area contributed by atoms with Crippen molar-refractivity contribution in [2.45, 2.75) is 201 Å². The van der Waals surface area contributed by atoms with E-state index in [1.807, 2.05) is 118 Å². The van der Waals surface area contributed by atoms with Crippen LogP contribution >= 0.6 is 44.3 Å². The molecule has 0 unspecified atom stereocenters. The van der Waals surface area contributed by atoms with E-state index in [4.69, 9.17) is 33.7 Å². The SMILES string of the molecule is CC(=O)CC(C)(C)c1ccc(B2OC(C)(C)C(C)(C)O2)cc1.CC(=O)CC(C)(C)c1ccc(Br)cc1.CC(C)(N)c1ccc(Br)cc1.CC1(C)OB(B2OC(C)(C)C(C)(C)O2)OC1(C)C.Cl. The van der Waals surface area contributed by atoms with E-state index in [0.717, 1.165) is 25.5 Å². The highest BCUT2D eigenvalue weighted by molar-refractivity contribution is 9.10. The van der Waals surface area contributed by atoms with Crippen molar-refractivity contribution in [3.63, 3.8) is 0 Å². The molecule has 66 heavy (non-hydrogen) atoms. The van der Waals surface area contributed by atoms with Gasteiger partial charge in [-0.1, -0.05) is 108 Å². The summed E-state index contributed by atoms with van der Waals surface area (Å²) in [5, 5.41) is 0. The van der Waals surface area contributed by atoms with Crippen LogP contribution in [-0.2, 0) is 53.9 Å². The minimum atomic E-state index is -0.476. The molecule has 0 aliphatic carbocycles. The van der Waals surface area contributed by atoms with Crippen molar-refractivity contribution >= 4 is 82.4 Å². The van der Waals surface area contributed by atoms with Crippen molar-refractivity contribution in [3.8, 4) is 0 Å². The topological polar surface area (TPSA) is 116 Å². The van der Waals surface area contributed by atoms with E-state index in [2.05, 4.69) is 112 Å². The lowest BCUT2D eigenvalue weighted by Gasteiger charge is -2.32. The first-order valence-electron chi connectivity index (χ1n) is 22.7. The van der Waals surface area contributed by atoms with Crippen molar-refractivity contribution in [1.82, 2.24) is 0 Å². The number of halogens is 3. The van der Waals surface area contributed by atoms with E-state index in [0.29, 0.717) is 12.8 Å². The summed E-state index contributed by atoms with van der Waals surface area (Å²) in [6.45, 7) is 40.1. The molecule has 9 nitrogen and oxygen atoms in total. The van der Waals surface area contributed by atoms with Crippen molar-refractivity contribution in [2.24, 2.45) is 5.73 Å². The number of hydrogen-bond donors (Lipinski definition) is 1. The van der Waals surface area contributed by atoms with Crippen LogP contribution in [-0.4, -0.2) is 66.3 Å². The van der Waals surface area contributed by atoms with Gasteiger partial charge in [0.25, 0.3) is 0 Å². The molecule has 3 saturated heterocycles. The Hall–Kier alpha value is -1.84. The second-order valence-corrected chi connectivity index (χ2v) is 24.6. The standard InChI is InChI=1S/C18H27BO3.C12H24B2O4.C12H15BrO.C9H12BrN.ClH/c1-13(20)12-16(2,3)14-8-10-15(11-9-14)19-21-17(4,5)18(6,7)22-19;1-9(2)10(3,4)16-13(15-9)14-17-11(5,6)12(7,8)18-14;1-9(14)8-12(2,3)10-4-6-11(13)7-5-10;1-9(2,11)7-3-5-8(10)6-4-7;/h8-11H,12H2,1-7H3;1-8H3;4-7H,8H2,1-3H3;3-6H,11H2,1-2H3;1H. The van der Waals surface area contributed by atoms with Crippen LogP contribution in [0, 0.1) is 0 Å². The Balaban J connectivity index is 0.000000310. The van der Waals surface area contributed by atoms with Crippen molar-refractivity contribution in [1.29, 1.82) is 0 Å². The number of nitrogens with two attached hydrogens (primary N) is 1. The number of carbonyl (C=O) groups excluding carboxylic acids is 2. The second kappa shape index (κ2) is 22.1. The molecule has 0 spiro atoms. The molecule has 3 aliphatic rings. The summed E-state index contributed by atoms with van der Waals surface area (Å²) in [5.74, 6) is 0.443. The Morgan fingerprint density at radius 3 is 0.970 bits per heavy atom. The summed E-state index contributed by atoms with van der Waals surface area (Å²) < 4.78 is 38.1. The van der Waals surface area contributed by atoms with Gasteiger partial charge in [0, 0.05) is 27.3 Å². The molecule has 15 heteroatoms. The van der Waals surface area contributed by atoms with E-state index in [1.165, 1.54) is 5.56 Å². The van der Waals surface area contributed by atoms with Gasteiger partial charge in [0.05, 0.1) is 33.6 Å². The minimum absolute atomic E-state index is 0. The molecule has 3 fully saturated rings. The van der Waals surface area contributed by atoms with Gasteiger partial charge >= 0.3 is 21.1 Å². The summed E-state index contributed by atoms with van der Waals surface area (Å²) in [5.41, 5.74) is 7.87. The van der Waals surface area contributed by atoms with Crippen molar-refractivity contribution in [3.05, 3.63) is 98.4 Å². The number of ketones is 2. The fraction of sp³-hybridized carbons (Fsp3) is 0.608. The fourth-order valence-corrected chi connectivity index (χ4v) is 7.83. The maximum absolute atomic E-state index is 11.4. The molecular formula is C51H79B3Br2ClNO8. The summed E-state index contributed by atoms with van der Waals surface area (Å²) in [6.07, 6.45) is 1.14. The number of benzene rings is 3. The number of Topliss-reactive ketones (excluding diaryl/α,β-unsaturated/α-hetero) is 2. The van der Waals surface area contributed by atoms with E-state index >= 15 is 0 Å². The molecule has 0 radical (unpaired) electrons. The van der Waals surface area contributed by atoms with Gasteiger partial charge < -0.3 is 33.7 Å². The van der Waals surface area contributed by atoms with Gasteiger partial charge in [-0.25, -0.2) is 0 Å². The number of rotatable bonds is 9. The summed E-state index contributed by atoms with van der Waals surface area (Å²) in [4.78, 5) is 22.5.